The van der Waals surface area contributed by atoms with Crippen molar-refractivity contribution in [3.05, 3.63) is 0 Å². The van der Waals surface area contributed by atoms with Crippen molar-refractivity contribution in [2.24, 2.45) is 23.0 Å². The van der Waals surface area contributed by atoms with E-state index in [2.05, 4.69) is 20.4 Å². The van der Waals surface area contributed by atoms with E-state index in [1.165, 1.54) is 6.42 Å². The molecule has 5 fully saturated rings. The first-order valence-corrected chi connectivity index (χ1v) is 17.2. The van der Waals surface area contributed by atoms with Gasteiger partial charge in [-0.3, -0.25) is 24.2 Å². The number of hydrogen-bond acceptors (Lipinski definition) is 8. The van der Waals surface area contributed by atoms with Crippen molar-refractivity contribution in [1.82, 2.24) is 25.3 Å². The number of primary amides is 1. The Labute approximate surface area is 257 Å². The molecule has 0 aromatic rings. The second-order valence-electron chi connectivity index (χ2n) is 14.1. The lowest BCUT2D eigenvalue weighted by molar-refractivity contribution is -0.186. The zero-order chi connectivity index (χ0) is 30.5. The molecule has 0 aromatic carbocycles. The Balaban J connectivity index is 1.57. The molecule has 0 bridgehead atoms. The number of piperazine rings is 1. The molecule has 0 aromatic heterocycles. The molecule has 11 nitrogen and oxygen atoms in total. The maximum Gasteiger partial charge on any atom is 0.257 e. The van der Waals surface area contributed by atoms with Crippen molar-refractivity contribution < 1.29 is 24.6 Å². The lowest BCUT2D eigenvalue weighted by Gasteiger charge is -2.58. The highest BCUT2D eigenvalue weighted by molar-refractivity contribution is 5.94. The van der Waals surface area contributed by atoms with Crippen LogP contribution in [0.3, 0.4) is 0 Å². The first kappa shape index (κ1) is 32.6. The van der Waals surface area contributed by atoms with E-state index >= 15 is 4.79 Å². The van der Waals surface area contributed by atoms with E-state index < -0.39 is 28.4 Å². The predicted octanol–water partition coefficient (Wildman–Crippen LogP) is 0.778. The maximum atomic E-state index is 15.2. The lowest BCUT2D eigenvalue weighted by atomic mass is 9.65. The number of nitrogens with zero attached hydrogens (tertiary/aromatic N) is 3. The molecule has 3 amide bonds. The molecule has 2 aliphatic heterocycles. The summed E-state index contributed by atoms with van der Waals surface area (Å²) >= 11 is 0. The Kier molecular flexibility index (Phi) is 10.7. The van der Waals surface area contributed by atoms with Gasteiger partial charge < -0.3 is 31.5 Å². The predicted molar refractivity (Wildman–Crippen MR) is 164 cm³/mol. The van der Waals surface area contributed by atoms with Crippen molar-refractivity contribution in [3.8, 4) is 0 Å². The van der Waals surface area contributed by atoms with Crippen molar-refractivity contribution in [1.29, 1.82) is 0 Å². The van der Waals surface area contributed by atoms with Gasteiger partial charge in [0.25, 0.3) is 5.91 Å². The van der Waals surface area contributed by atoms with Crippen LogP contribution in [0.15, 0.2) is 0 Å². The standard InChI is InChI=1S/C32H56N6O5/c33-27(41)26(30(23-39)11-4-5-12-30)32(37-17-8-15-34-16-18-37,29(43)35-31(24-40)13-6-7-14-31)38-21-19-36(20-22-38)28(42)25-9-2-1-3-10-25/h25-26,34,39-40H,1-24H2,(H2,33,41)(H,35,43). The van der Waals surface area contributed by atoms with Crippen LogP contribution in [-0.4, -0.2) is 119 Å². The molecular weight excluding hydrogens is 548 g/mol. The summed E-state index contributed by atoms with van der Waals surface area (Å²) in [5.41, 5.74) is 3.38. The van der Waals surface area contributed by atoms with Gasteiger partial charge in [-0.2, -0.15) is 0 Å². The fraction of sp³-hybridized carbons (Fsp3) is 0.906. The van der Waals surface area contributed by atoms with E-state index in [1.807, 2.05) is 4.90 Å². The van der Waals surface area contributed by atoms with Crippen LogP contribution in [0.1, 0.15) is 89.9 Å². The van der Waals surface area contributed by atoms with Gasteiger partial charge in [0.15, 0.2) is 5.66 Å². The first-order chi connectivity index (χ1) is 20.8. The second-order valence-corrected chi connectivity index (χ2v) is 14.1. The summed E-state index contributed by atoms with van der Waals surface area (Å²) in [5, 5.41) is 28.3. The molecule has 11 heteroatoms. The molecular formula is C32H56N6O5. The van der Waals surface area contributed by atoms with Gasteiger partial charge >= 0.3 is 0 Å². The third kappa shape index (κ3) is 6.34. The molecule has 5 aliphatic rings. The molecule has 2 saturated heterocycles. The van der Waals surface area contributed by atoms with Crippen LogP contribution in [0.25, 0.3) is 0 Å². The Morgan fingerprint density at radius 3 is 2.02 bits per heavy atom. The largest absolute Gasteiger partial charge is 0.396 e. The number of hydrogen-bond donors (Lipinski definition) is 5. The summed E-state index contributed by atoms with van der Waals surface area (Å²) in [6.07, 6.45) is 12.3. The smallest absolute Gasteiger partial charge is 0.257 e. The Bertz CT molecular complexity index is 961. The number of carbonyl (C=O) groups excluding carboxylic acids is 3. The van der Waals surface area contributed by atoms with Crippen LogP contribution in [0.2, 0.25) is 0 Å². The second kappa shape index (κ2) is 14.1. The average Bonchev–Trinajstić information content (AvgIpc) is 3.63. The van der Waals surface area contributed by atoms with Crippen molar-refractivity contribution in [3.63, 3.8) is 0 Å². The molecule has 43 heavy (non-hydrogen) atoms. The molecule has 3 saturated carbocycles. The molecule has 3 aliphatic carbocycles. The van der Waals surface area contributed by atoms with Crippen LogP contribution in [0.4, 0.5) is 0 Å². The van der Waals surface area contributed by atoms with E-state index in [9.17, 15) is 19.8 Å². The molecule has 0 spiro atoms. The van der Waals surface area contributed by atoms with E-state index in [0.717, 1.165) is 64.3 Å². The summed E-state index contributed by atoms with van der Waals surface area (Å²) < 4.78 is 0. The summed E-state index contributed by atoms with van der Waals surface area (Å²) in [6.45, 7) is 4.09. The zero-order valence-corrected chi connectivity index (χ0v) is 26.2. The van der Waals surface area contributed by atoms with Gasteiger partial charge in [0.2, 0.25) is 11.8 Å². The fourth-order valence-electron chi connectivity index (χ4n) is 9.30. The van der Waals surface area contributed by atoms with Crippen molar-refractivity contribution >= 4 is 17.7 Å². The number of nitrogens with one attached hydrogen (secondary N) is 2. The minimum atomic E-state index is -1.45. The van der Waals surface area contributed by atoms with Gasteiger partial charge in [0.05, 0.1) is 18.1 Å². The summed E-state index contributed by atoms with van der Waals surface area (Å²) in [5.74, 6) is -1.52. The number of rotatable bonds is 10. The highest BCUT2D eigenvalue weighted by Crippen LogP contribution is 2.51. The van der Waals surface area contributed by atoms with Crippen LogP contribution in [0, 0.1) is 17.3 Å². The number of amides is 3. The SMILES string of the molecule is NC(=O)C(C1(CO)CCCC1)C(C(=O)NC1(CO)CCCC1)(N1CCCNCC1)N1CCN(C(=O)C2CCCCC2)CC1. The first-order valence-electron chi connectivity index (χ1n) is 17.2. The van der Waals surface area contributed by atoms with Crippen LogP contribution >= 0.6 is 0 Å². The summed E-state index contributed by atoms with van der Waals surface area (Å²) in [7, 11) is 0. The van der Waals surface area contributed by atoms with Crippen LogP contribution in [0.5, 0.6) is 0 Å². The minimum absolute atomic E-state index is 0.0753. The van der Waals surface area contributed by atoms with E-state index in [0.29, 0.717) is 71.5 Å². The summed E-state index contributed by atoms with van der Waals surface area (Å²) in [4.78, 5) is 48.9. The third-order valence-electron chi connectivity index (χ3n) is 11.6. The third-order valence-corrected chi connectivity index (χ3v) is 11.6. The molecule has 2 unspecified atom stereocenters. The van der Waals surface area contributed by atoms with E-state index in [4.69, 9.17) is 5.73 Å². The van der Waals surface area contributed by atoms with Gasteiger partial charge in [0.1, 0.15) is 0 Å². The Hall–Kier alpha value is -1.79. The number of aliphatic hydroxyl groups is 2. The van der Waals surface area contributed by atoms with Gasteiger partial charge in [0, 0.05) is 63.8 Å². The van der Waals surface area contributed by atoms with Gasteiger partial charge in [-0.15, -0.1) is 0 Å². The highest BCUT2D eigenvalue weighted by atomic mass is 16.3. The summed E-state index contributed by atoms with van der Waals surface area (Å²) in [6, 6.07) is 0. The van der Waals surface area contributed by atoms with Crippen molar-refractivity contribution in [2.45, 2.75) is 101 Å². The quantitative estimate of drug-likeness (QED) is 0.245. The van der Waals surface area contributed by atoms with Crippen molar-refractivity contribution in [2.75, 3.05) is 65.6 Å². The number of aliphatic hydroxyl groups excluding tert-OH is 2. The normalized spacial score (nSPS) is 27.7. The van der Waals surface area contributed by atoms with Crippen LogP contribution < -0.4 is 16.4 Å². The van der Waals surface area contributed by atoms with Crippen LogP contribution in [-0.2, 0) is 14.4 Å². The minimum Gasteiger partial charge on any atom is -0.396 e. The fourth-order valence-corrected chi connectivity index (χ4v) is 9.30. The zero-order valence-electron chi connectivity index (χ0n) is 26.2. The molecule has 5 rings (SSSR count). The monoisotopic (exact) mass is 604 g/mol. The number of nitrogens with two attached hydrogens (primary N) is 1. The van der Waals surface area contributed by atoms with E-state index in [-0.39, 0.29) is 30.9 Å². The lowest BCUT2D eigenvalue weighted by Crippen LogP contribution is -2.79. The molecule has 0 radical (unpaired) electrons. The molecule has 6 N–H and O–H groups in total. The maximum absolute atomic E-state index is 15.2. The topological polar surface area (TPSA) is 151 Å². The highest BCUT2D eigenvalue weighted by Gasteiger charge is 2.64. The Morgan fingerprint density at radius 2 is 1.42 bits per heavy atom. The Morgan fingerprint density at radius 1 is 0.791 bits per heavy atom. The molecule has 2 heterocycles. The van der Waals surface area contributed by atoms with E-state index in [1.54, 1.807) is 0 Å². The van der Waals surface area contributed by atoms with Gasteiger partial charge in [-0.25, -0.2) is 0 Å². The van der Waals surface area contributed by atoms with Gasteiger partial charge in [-0.05, 0) is 51.5 Å². The molecule has 2 atom stereocenters. The average molecular weight is 605 g/mol. The van der Waals surface area contributed by atoms with Gasteiger partial charge in [-0.1, -0.05) is 44.9 Å². The molecule has 244 valence electrons. The number of carbonyl (C=O) groups is 3.